The topological polar surface area (TPSA) is 56.6 Å². The van der Waals surface area contributed by atoms with Crippen molar-refractivity contribution in [2.75, 3.05) is 18.1 Å². The van der Waals surface area contributed by atoms with Gasteiger partial charge in [0.05, 0.1) is 30.3 Å². The molecule has 4 nitrogen and oxygen atoms in total. The van der Waals surface area contributed by atoms with Crippen LogP contribution in [0.25, 0.3) is 0 Å². The molecule has 0 unspecified atom stereocenters. The fraction of sp³-hybridized carbons (Fsp3) is 0.688. The third-order valence-electron chi connectivity index (χ3n) is 4.19. The molecule has 2 N–H and O–H groups in total. The van der Waals surface area contributed by atoms with Crippen molar-refractivity contribution in [2.45, 2.75) is 57.6 Å². The molecule has 2 rings (SSSR count). The molecular formula is C16H26N2O2. The highest BCUT2D eigenvalue weighted by molar-refractivity contribution is 5.46. The second-order valence-electron chi connectivity index (χ2n) is 5.57. The summed E-state index contributed by atoms with van der Waals surface area (Å²) in [5.74, 6) is 0. The molecule has 1 aliphatic carbocycles. The molecule has 1 aromatic heterocycles. The van der Waals surface area contributed by atoms with Crippen LogP contribution in [0, 0.1) is 0 Å². The normalized spacial score (nSPS) is 17.9. The lowest BCUT2D eigenvalue weighted by molar-refractivity contribution is 0.169. The third-order valence-corrected chi connectivity index (χ3v) is 4.19. The van der Waals surface area contributed by atoms with E-state index < -0.39 is 6.10 Å². The van der Waals surface area contributed by atoms with Gasteiger partial charge in [-0.05, 0) is 31.4 Å². The van der Waals surface area contributed by atoms with Gasteiger partial charge in [0.2, 0.25) is 0 Å². The summed E-state index contributed by atoms with van der Waals surface area (Å²) < 4.78 is 0. The third kappa shape index (κ3) is 3.70. The Kier molecular flexibility index (Phi) is 5.80. The molecule has 1 aromatic rings. The first-order chi connectivity index (χ1) is 9.76. The molecule has 0 saturated heterocycles. The fourth-order valence-corrected chi connectivity index (χ4v) is 3.00. The molecule has 20 heavy (non-hydrogen) atoms. The highest BCUT2D eigenvalue weighted by Crippen LogP contribution is 2.27. The van der Waals surface area contributed by atoms with Crippen molar-refractivity contribution in [1.82, 2.24) is 4.98 Å². The van der Waals surface area contributed by atoms with Gasteiger partial charge in [-0.25, -0.2) is 0 Å². The Morgan fingerprint density at radius 1 is 1.30 bits per heavy atom. The number of nitrogens with zero attached hydrogens (tertiary/aromatic N) is 2. The zero-order chi connectivity index (χ0) is 14.4. The Morgan fingerprint density at radius 2 is 2.05 bits per heavy atom. The van der Waals surface area contributed by atoms with Gasteiger partial charge in [0, 0.05) is 12.6 Å². The number of pyridine rings is 1. The van der Waals surface area contributed by atoms with Crippen LogP contribution in [0.1, 0.15) is 57.2 Å². The minimum atomic E-state index is -0.481. The summed E-state index contributed by atoms with van der Waals surface area (Å²) in [5.41, 5.74) is 1.78. The van der Waals surface area contributed by atoms with Crippen molar-refractivity contribution in [3.8, 4) is 0 Å². The van der Waals surface area contributed by atoms with Crippen LogP contribution in [-0.2, 0) is 0 Å². The molecule has 1 saturated carbocycles. The maximum absolute atomic E-state index is 9.79. The summed E-state index contributed by atoms with van der Waals surface area (Å²) in [5, 5.41) is 19.1. The van der Waals surface area contributed by atoms with Gasteiger partial charge in [0.25, 0.3) is 0 Å². The summed E-state index contributed by atoms with van der Waals surface area (Å²) in [7, 11) is 0. The molecule has 0 aliphatic heterocycles. The molecule has 0 bridgehead atoms. The Bertz CT molecular complexity index is 388. The molecule has 1 fully saturated rings. The molecule has 0 radical (unpaired) electrons. The summed E-state index contributed by atoms with van der Waals surface area (Å²) in [6.07, 6.45) is 8.28. The molecular weight excluding hydrogens is 252 g/mol. The Hall–Kier alpha value is -1.13. The smallest absolute Gasteiger partial charge is 0.0957 e. The molecule has 0 amide bonds. The van der Waals surface area contributed by atoms with Crippen molar-refractivity contribution in [3.63, 3.8) is 0 Å². The first-order valence-corrected chi connectivity index (χ1v) is 7.77. The van der Waals surface area contributed by atoms with E-state index in [1.54, 1.807) is 0 Å². The molecule has 4 heteroatoms. The van der Waals surface area contributed by atoms with E-state index in [1.165, 1.54) is 32.1 Å². The average molecular weight is 278 g/mol. The lowest BCUT2D eigenvalue weighted by atomic mass is 9.94. The quantitative estimate of drug-likeness (QED) is 0.840. The van der Waals surface area contributed by atoms with Crippen LogP contribution in [-0.4, -0.2) is 34.4 Å². The first-order valence-electron chi connectivity index (χ1n) is 7.77. The van der Waals surface area contributed by atoms with Crippen LogP contribution >= 0.6 is 0 Å². The Balaban J connectivity index is 2.11. The van der Waals surface area contributed by atoms with E-state index in [4.69, 9.17) is 0 Å². The van der Waals surface area contributed by atoms with Gasteiger partial charge in [0.15, 0.2) is 0 Å². The number of aliphatic hydroxyl groups is 2. The van der Waals surface area contributed by atoms with Gasteiger partial charge >= 0.3 is 0 Å². The summed E-state index contributed by atoms with van der Waals surface area (Å²) >= 11 is 0. The van der Waals surface area contributed by atoms with Crippen molar-refractivity contribution >= 4 is 5.69 Å². The SMILES string of the molecule is CC[C@@H](O)c1ccc(N(CCO)C2CCCCC2)cn1. The summed E-state index contributed by atoms with van der Waals surface area (Å²) in [4.78, 5) is 6.65. The zero-order valence-corrected chi connectivity index (χ0v) is 12.3. The lowest BCUT2D eigenvalue weighted by Gasteiger charge is -2.35. The van der Waals surface area contributed by atoms with Crippen LogP contribution in [0.2, 0.25) is 0 Å². The minimum absolute atomic E-state index is 0.163. The number of rotatable bonds is 6. The predicted molar refractivity (Wildman–Crippen MR) is 80.8 cm³/mol. The highest BCUT2D eigenvalue weighted by atomic mass is 16.3. The standard InChI is InChI=1S/C16H26N2O2/c1-2-16(20)15-9-8-14(12-17-15)18(10-11-19)13-6-4-3-5-7-13/h8-9,12-13,16,19-20H,2-7,10-11H2,1H3/t16-/m1/s1. The van der Waals surface area contributed by atoms with E-state index >= 15 is 0 Å². The van der Waals surface area contributed by atoms with Crippen molar-refractivity contribution in [3.05, 3.63) is 24.0 Å². The molecule has 1 atom stereocenters. The molecule has 0 aromatic carbocycles. The molecule has 1 heterocycles. The number of anilines is 1. The van der Waals surface area contributed by atoms with Gasteiger partial charge in [-0.15, -0.1) is 0 Å². The number of hydrogen-bond donors (Lipinski definition) is 2. The second kappa shape index (κ2) is 7.60. The van der Waals surface area contributed by atoms with Gasteiger partial charge in [-0.1, -0.05) is 26.2 Å². The number of aromatic nitrogens is 1. The summed E-state index contributed by atoms with van der Waals surface area (Å²) in [6.45, 7) is 2.76. The van der Waals surface area contributed by atoms with E-state index in [0.29, 0.717) is 19.0 Å². The van der Waals surface area contributed by atoms with E-state index in [9.17, 15) is 10.2 Å². The predicted octanol–water partition coefficient (Wildman–Crippen LogP) is 2.66. The molecule has 1 aliphatic rings. The van der Waals surface area contributed by atoms with Gasteiger partial charge in [0.1, 0.15) is 0 Å². The Morgan fingerprint density at radius 3 is 2.60 bits per heavy atom. The van der Waals surface area contributed by atoms with Gasteiger partial charge in [-0.3, -0.25) is 4.98 Å². The molecule has 0 spiro atoms. The van der Waals surface area contributed by atoms with E-state index in [-0.39, 0.29) is 6.61 Å². The summed E-state index contributed by atoms with van der Waals surface area (Å²) in [6, 6.07) is 4.43. The largest absolute Gasteiger partial charge is 0.395 e. The van der Waals surface area contributed by atoms with Gasteiger partial charge < -0.3 is 15.1 Å². The van der Waals surface area contributed by atoms with Gasteiger partial charge in [-0.2, -0.15) is 0 Å². The van der Waals surface area contributed by atoms with Crippen molar-refractivity contribution in [1.29, 1.82) is 0 Å². The Labute approximate surface area is 121 Å². The van der Waals surface area contributed by atoms with Crippen LogP contribution in [0.5, 0.6) is 0 Å². The first kappa shape index (κ1) is 15.3. The lowest BCUT2D eigenvalue weighted by Crippen LogP contribution is -2.38. The van der Waals surface area contributed by atoms with E-state index in [2.05, 4.69) is 9.88 Å². The maximum atomic E-state index is 9.79. The monoisotopic (exact) mass is 278 g/mol. The molecule has 112 valence electrons. The number of aliphatic hydroxyl groups excluding tert-OH is 2. The van der Waals surface area contributed by atoms with Crippen molar-refractivity contribution in [2.24, 2.45) is 0 Å². The number of hydrogen-bond acceptors (Lipinski definition) is 4. The highest BCUT2D eigenvalue weighted by Gasteiger charge is 2.21. The average Bonchev–Trinajstić information content (AvgIpc) is 2.53. The maximum Gasteiger partial charge on any atom is 0.0957 e. The van der Waals surface area contributed by atoms with Crippen LogP contribution in [0.4, 0.5) is 5.69 Å². The van der Waals surface area contributed by atoms with Crippen LogP contribution in [0.15, 0.2) is 18.3 Å². The fourth-order valence-electron chi connectivity index (χ4n) is 3.00. The second-order valence-corrected chi connectivity index (χ2v) is 5.57. The van der Waals surface area contributed by atoms with Crippen LogP contribution in [0.3, 0.4) is 0 Å². The minimum Gasteiger partial charge on any atom is -0.395 e. The van der Waals surface area contributed by atoms with Crippen LogP contribution < -0.4 is 4.90 Å². The van der Waals surface area contributed by atoms with E-state index in [0.717, 1.165) is 11.4 Å². The zero-order valence-electron chi connectivity index (χ0n) is 12.3. The van der Waals surface area contributed by atoms with Crippen molar-refractivity contribution < 1.29 is 10.2 Å². The van der Waals surface area contributed by atoms with E-state index in [1.807, 2.05) is 25.3 Å².